The van der Waals surface area contributed by atoms with Gasteiger partial charge in [-0.25, -0.2) is 9.97 Å². The van der Waals surface area contributed by atoms with Crippen molar-refractivity contribution in [2.45, 2.75) is 25.1 Å². The van der Waals surface area contributed by atoms with Gasteiger partial charge in [0.1, 0.15) is 23.9 Å². The molecule has 3 rings (SSSR count). The highest BCUT2D eigenvalue weighted by atomic mass is 16.5. The van der Waals surface area contributed by atoms with Gasteiger partial charge in [0, 0.05) is 52.2 Å². The van der Waals surface area contributed by atoms with Gasteiger partial charge in [0.2, 0.25) is 0 Å². The summed E-state index contributed by atoms with van der Waals surface area (Å²) in [6, 6.07) is 6.36. The number of nitriles is 1. The molecule has 0 amide bonds. The van der Waals surface area contributed by atoms with Crippen LogP contribution >= 0.6 is 0 Å². The van der Waals surface area contributed by atoms with E-state index in [0.29, 0.717) is 11.7 Å². The normalized spacial score (nSPS) is 20.3. The van der Waals surface area contributed by atoms with E-state index in [1.54, 1.807) is 19.6 Å². The highest BCUT2D eigenvalue weighted by Gasteiger charge is 2.32. The molecule has 3 heterocycles. The Bertz CT molecular complexity index is 708. The molecule has 0 spiro atoms. The number of aromatic nitrogens is 3. The molecule has 1 aliphatic rings. The summed E-state index contributed by atoms with van der Waals surface area (Å²) in [4.78, 5) is 10.6. The molecule has 7 nitrogen and oxygen atoms in total. The van der Waals surface area contributed by atoms with Crippen LogP contribution in [0.1, 0.15) is 17.7 Å². The second-order valence-corrected chi connectivity index (χ2v) is 6.05. The third kappa shape index (κ3) is 3.55. The van der Waals surface area contributed by atoms with Crippen LogP contribution < -0.4 is 10.2 Å². The molecular formula is C17H22N6O. The van der Waals surface area contributed by atoms with E-state index < -0.39 is 0 Å². The zero-order chi connectivity index (χ0) is 16.9. The van der Waals surface area contributed by atoms with E-state index in [4.69, 9.17) is 10.00 Å². The van der Waals surface area contributed by atoms with Crippen molar-refractivity contribution in [3.63, 3.8) is 0 Å². The molecule has 0 bridgehead atoms. The average molecular weight is 326 g/mol. The van der Waals surface area contributed by atoms with E-state index in [0.717, 1.165) is 37.4 Å². The SMILES string of the molecule is CO[C@@H]1C[C@H](CNCc2cc(C#N)n(C)c2)N(c2ccncn2)C1. The first-order chi connectivity index (χ1) is 11.7. The molecule has 0 aromatic carbocycles. The minimum absolute atomic E-state index is 0.216. The van der Waals surface area contributed by atoms with Crippen LogP contribution in [0.25, 0.3) is 0 Å². The maximum Gasteiger partial charge on any atom is 0.132 e. The number of hydrogen-bond acceptors (Lipinski definition) is 6. The van der Waals surface area contributed by atoms with E-state index in [1.165, 1.54) is 0 Å². The first-order valence-electron chi connectivity index (χ1n) is 8.02. The Balaban J connectivity index is 1.61. The van der Waals surface area contributed by atoms with Crippen molar-refractivity contribution >= 4 is 5.82 Å². The Kier molecular flexibility index (Phi) is 5.08. The third-order valence-electron chi connectivity index (χ3n) is 4.46. The summed E-state index contributed by atoms with van der Waals surface area (Å²) in [6.07, 6.45) is 6.51. The number of rotatable bonds is 6. The maximum atomic E-state index is 9.02. The molecule has 0 unspecified atom stereocenters. The van der Waals surface area contributed by atoms with Gasteiger partial charge in [-0.15, -0.1) is 0 Å². The summed E-state index contributed by atoms with van der Waals surface area (Å²) >= 11 is 0. The van der Waals surface area contributed by atoms with E-state index >= 15 is 0 Å². The van der Waals surface area contributed by atoms with Crippen molar-refractivity contribution in [2.75, 3.05) is 25.1 Å². The molecule has 1 saturated heterocycles. The zero-order valence-corrected chi connectivity index (χ0v) is 14.0. The molecule has 0 aliphatic carbocycles. The molecule has 126 valence electrons. The molecule has 1 aliphatic heterocycles. The minimum atomic E-state index is 0.216. The lowest BCUT2D eigenvalue weighted by molar-refractivity contribution is 0.118. The van der Waals surface area contributed by atoms with Crippen molar-refractivity contribution in [3.05, 3.63) is 42.1 Å². The first-order valence-corrected chi connectivity index (χ1v) is 8.02. The summed E-state index contributed by atoms with van der Waals surface area (Å²) in [6.45, 7) is 2.41. The first kappa shape index (κ1) is 16.4. The molecule has 2 aromatic rings. The fourth-order valence-corrected chi connectivity index (χ4v) is 3.20. The van der Waals surface area contributed by atoms with Crippen LogP contribution in [0.3, 0.4) is 0 Å². The zero-order valence-electron chi connectivity index (χ0n) is 14.0. The van der Waals surface area contributed by atoms with Crippen molar-refractivity contribution in [3.8, 4) is 6.07 Å². The summed E-state index contributed by atoms with van der Waals surface area (Å²) in [7, 11) is 3.64. The third-order valence-corrected chi connectivity index (χ3v) is 4.46. The average Bonchev–Trinajstić information content (AvgIpc) is 3.19. The number of hydrogen-bond donors (Lipinski definition) is 1. The van der Waals surface area contributed by atoms with Crippen LogP contribution in [-0.4, -0.2) is 46.9 Å². The van der Waals surface area contributed by atoms with Gasteiger partial charge in [0.15, 0.2) is 0 Å². The van der Waals surface area contributed by atoms with Gasteiger partial charge >= 0.3 is 0 Å². The number of nitrogens with one attached hydrogen (secondary N) is 1. The quantitative estimate of drug-likeness (QED) is 0.855. The molecule has 1 fully saturated rings. The molecule has 0 saturated carbocycles. The number of methoxy groups -OCH3 is 1. The van der Waals surface area contributed by atoms with Crippen molar-refractivity contribution in [2.24, 2.45) is 7.05 Å². The Morgan fingerprint density at radius 3 is 3.04 bits per heavy atom. The molecule has 0 radical (unpaired) electrons. The largest absolute Gasteiger partial charge is 0.380 e. The summed E-state index contributed by atoms with van der Waals surface area (Å²) in [5.41, 5.74) is 1.79. The number of nitrogens with zero attached hydrogens (tertiary/aromatic N) is 5. The summed E-state index contributed by atoms with van der Waals surface area (Å²) in [5, 5.41) is 12.5. The summed E-state index contributed by atoms with van der Waals surface area (Å²) in [5.74, 6) is 0.933. The molecule has 24 heavy (non-hydrogen) atoms. The molecule has 1 N–H and O–H groups in total. The Morgan fingerprint density at radius 2 is 2.38 bits per heavy atom. The molecule has 2 aromatic heterocycles. The number of ether oxygens (including phenoxy) is 1. The lowest BCUT2D eigenvalue weighted by Gasteiger charge is -2.25. The van der Waals surface area contributed by atoms with Gasteiger partial charge in [-0.2, -0.15) is 5.26 Å². The number of anilines is 1. The van der Waals surface area contributed by atoms with Crippen LogP contribution in [0, 0.1) is 11.3 Å². The fourth-order valence-electron chi connectivity index (χ4n) is 3.20. The molecule has 7 heteroatoms. The predicted molar refractivity (Wildman–Crippen MR) is 90.4 cm³/mol. The maximum absolute atomic E-state index is 9.02. The van der Waals surface area contributed by atoms with Gasteiger partial charge in [-0.3, -0.25) is 0 Å². The fraction of sp³-hybridized carbons (Fsp3) is 0.471. The van der Waals surface area contributed by atoms with Gasteiger partial charge in [0.05, 0.1) is 6.10 Å². The van der Waals surface area contributed by atoms with Crippen molar-refractivity contribution < 1.29 is 4.74 Å². The van der Waals surface area contributed by atoms with E-state index in [9.17, 15) is 0 Å². The lowest BCUT2D eigenvalue weighted by Crippen LogP contribution is -2.38. The Hall–Kier alpha value is -2.43. The predicted octanol–water partition coefficient (Wildman–Crippen LogP) is 1.07. The van der Waals surface area contributed by atoms with Gasteiger partial charge in [0.25, 0.3) is 0 Å². The second-order valence-electron chi connectivity index (χ2n) is 6.05. The van der Waals surface area contributed by atoms with Gasteiger partial charge in [-0.1, -0.05) is 0 Å². The topological polar surface area (TPSA) is 79.0 Å². The standard InChI is InChI=1S/C17H22N6O/c1-22-10-13(5-14(22)7-18)8-20-9-15-6-16(24-2)11-23(15)17-3-4-19-12-21-17/h3-5,10,12,15-16,20H,6,8-9,11H2,1-2H3/t15-,16-/m1/s1. The highest BCUT2D eigenvalue weighted by Crippen LogP contribution is 2.24. The smallest absolute Gasteiger partial charge is 0.132 e. The highest BCUT2D eigenvalue weighted by molar-refractivity contribution is 5.40. The van der Waals surface area contributed by atoms with E-state index in [-0.39, 0.29) is 6.10 Å². The van der Waals surface area contributed by atoms with Crippen LogP contribution in [0.2, 0.25) is 0 Å². The van der Waals surface area contributed by atoms with Gasteiger partial charge < -0.3 is 19.5 Å². The monoisotopic (exact) mass is 326 g/mol. The van der Waals surface area contributed by atoms with Crippen LogP contribution in [-0.2, 0) is 18.3 Å². The molecule has 2 atom stereocenters. The Morgan fingerprint density at radius 1 is 1.50 bits per heavy atom. The second kappa shape index (κ2) is 7.43. The van der Waals surface area contributed by atoms with E-state index in [1.807, 2.05) is 29.9 Å². The van der Waals surface area contributed by atoms with Crippen LogP contribution in [0.15, 0.2) is 30.9 Å². The number of aryl methyl sites for hydroxylation is 1. The Labute approximate surface area is 141 Å². The van der Waals surface area contributed by atoms with Crippen LogP contribution in [0.5, 0.6) is 0 Å². The van der Waals surface area contributed by atoms with Crippen molar-refractivity contribution in [1.82, 2.24) is 19.9 Å². The summed E-state index contributed by atoms with van der Waals surface area (Å²) < 4.78 is 7.39. The van der Waals surface area contributed by atoms with E-state index in [2.05, 4.69) is 26.3 Å². The van der Waals surface area contributed by atoms with Crippen molar-refractivity contribution in [1.29, 1.82) is 5.26 Å². The van der Waals surface area contributed by atoms with Crippen LogP contribution in [0.4, 0.5) is 5.82 Å². The molecular weight excluding hydrogens is 304 g/mol. The lowest BCUT2D eigenvalue weighted by atomic mass is 10.2. The van der Waals surface area contributed by atoms with Gasteiger partial charge in [-0.05, 0) is 24.1 Å². The minimum Gasteiger partial charge on any atom is -0.380 e.